The molecular formula is C29H31N7O2S. The first-order valence-electron chi connectivity index (χ1n) is 13.6. The van der Waals surface area contributed by atoms with Crippen molar-refractivity contribution in [2.75, 3.05) is 32.0 Å². The molecule has 1 aliphatic carbocycles. The number of ether oxygens (including phenoxy) is 1. The second-order valence-electron chi connectivity index (χ2n) is 10.4. The van der Waals surface area contributed by atoms with E-state index in [2.05, 4.69) is 24.5 Å². The third kappa shape index (κ3) is 4.57. The Morgan fingerprint density at radius 3 is 2.46 bits per heavy atom. The Labute approximate surface area is 230 Å². The van der Waals surface area contributed by atoms with Crippen LogP contribution < -0.4 is 5.73 Å². The summed E-state index contributed by atoms with van der Waals surface area (Å²) in [4.78, 5) is 16.1. The van der Waals surface area contributed by atoms with Crippen molar-refractivity contribution in [2.24, 2.45) is 0 Å². The number of nitrogens with zero attached hydrogens (tertiary/aromatic N) is 6. The van der Waals surface area contributed by atoms with E-state index in [0.29, 0.717) is 16.9 Å². The molecule has 0 spiro atoms. The summed E-state index contributed by atoms with van der Waals surface area (Å²) in [6.45, 7) is 3.72. The summed E-state index contributed by atoms with van der Waals surface area (Å²) in [5.41, 5.74) is 10.5. The third-order valence-electron chi connectivity index (χ3n) is 8.14. The van der Waals surface area contributed by atoms with Gasteiger partial charge in [-0.2, -0.15) is 5.10 Å². The van der Waals surface area contributed by atoms with Gasteiger partial charge in [0.15, 0.2) is 5.65 Å². The van der Waals surface area contributed by atoms with E-state index in [1.807, 2.05) is 48.5 Å². The molecule has 39 heavy (non-hydrogen) atoms. The number of anilines is 1. The number of rotatable bonds is 5. The molecule has 1 atom stereocenters. The van der Waals surface area contributed by atoms with Crippen LogP contribution in [-0.4, -0.2) is 67.1 Å². The van der Waals surface area contributed by atoms with Gasteiger partial charge in [-0.25, -0.2) is 19.6 Å². The number of aliphatic hydroxyl groups is 1. The number of para-hydroxylation sites is 1. The van der Waals surface area contributed by atoms with Crippen molar-refractivity contribution in [1.82, 2.24) is 29.6 Å². The van der Waals surface area contributed by atoms with E-state index in [0.717, 1.165) is 90.1 Å². The van der Waals surface area contributed by atoms with Crippen LogP contribution in [0, 0.1) is 0 Å². The molecule has 7 rings (SSSR count). The van der Waals surface area contributed by atoms with Crippen molar-refractivity contribution < 1.29 is 9.84 Å². The molecule has 1 aliphatic heterocycles. The molecule has 0 bridgehead atoms. The van der Waals surface area contributed by atoms with Gasteiger partial charge in [0, 0.05) is 24.7 Å². The maximum Gasteiger partial charge on any atom is 0.164 e. The van der Waals surface area contributed by atoms with Gasteiger partial charge in [0.25, 0.3) is 0 Å². The number of benzene rings is 2. The summed E-state index contributed by atoms with van der Waals surface area (Å²) in [6.07, 6.45) is 5.11. The number of morpholine rings is 1. The molecule has 200 valence electrons. The molecule has 0 radical (unpaired) electrons. The van der Waals surface area contributed by atoms with E-state index < -0.39 is 6.10 Å². The lowest BCUT2D eigenvalue weighted by Crippen LogP contribution is -2.45. The predicted molar refractivity (Wildman–Crippen MR) is 153 cm³/mol. The van der Waals surface area contributed by atoms with Gasteiger partial charge in [0.2, 0.25) is 0 Å². The van der Waals surface area contributed by atoms with Gasteiger partial charge in [-0.1, -0.05) is 36.4 Å². The van der Waals surface area contributed by atoms with Crippen LogP contribution >= 0.6 is 11.3 Å². The van der Waals surface area contributed by atoms with Crippen molar-refractivity contribution in [3.05, 3.63) is 65.4 Å². The molecule has 1 saturated heterocycles. The number of hydrogen-bond acceptors (Lipinski definition) is 9. The Morgan fingerprint density at radius 1 is 0.949 bits per heavy atom. The summed E-state index contributed by atoms with van der Waals surface area (Å²) in [6, 6.07) is 16.7. The van der Waals surface area contributed by atoms with Crippen LogP contribution in [0.1, 0.15) is 48.4 Å². The molecule has 0 amide bonds. The standard InChI is InChI=1S/C29H31N7O2S/c30-27-24-25(18-5-7-19(8-6-18)26(37)29-33-22-3-1-2-4-23(22)39-29)34-36(28(24)32-17-31-27)21-11-9-20(10-12-21)35-13-15-38-16-14-35/h1-8,17,20-21,26,37H,9-16H2,(H2,30,31,32)/t20-,21-,26?. The molecule has 4 heterocycles. The molecule has 5 aromatic rings. The van der Waals surface area contributed by atoms with Crippen LogP contribution in [0.15, 0.2) is 54.9 Å². The highest BCUT2D eigenvalue weighted by molar-refractivity contribution is 7.18. The minimum absolute atomic E-state index is 0.271. The number of aromatic nitrogens is 5. The second kappa shape index (κ2) is 10.3. The first-order valence-corrected chi connectivity index (χ1v) is 14.4. The normalized spacial score (nSPS) is 21.5. The lowest BCUT2D eigenvalue weighted by atomic mass is 9.90. The first kappa shape index (κ1) is 24.6. The second-order valence-corrected chi connectivity index (χ2v) is 11.5. The van der Waals surface area contributed by atoms with Crippen LogP contribution in [0.5, 0.6) is 0 Å². The maximum absolute atomic E-state index is 11.0. The fourth-order valence-electron chi connectivity index (χ4n) is 6.04. The number of nitrogens with two attached hydrogens (primary N) is 1. The first-order chi connectivity index (χ1) is 19.2. The molecule has 1 saturated carbocycles. The molecule has 2 aliphatic rings. The Morgan fingerprint density at radius 2 is 1.69 bits per heavy atom. The van der Waals surface area contributed by atoms with Gasteiger partial charge in [-0.15, -0.1) is 11.3 Å². The lowest BCUT2D eigenvalue weighted by molar-refractivity contribution is 0.00520. The van der Waals surface area contributed by atoms with Crippen LogP contribution in [0.4, 0.5) is 5.82 Å². The smallest absolute Gasteiger partial charge is 0.164 e. The molecule has 1 unspecified atom stereocenters. The van der Waals surface area contributed by atoms with Gasteiger partial charge in [0.05, 0.1) is 34.9 Å². The summed E-state index contributed by atoms with van der Waals surface area (Å²) < 4.78 is 8.68. The highest BCUT2D eigenvalue weighted by Crippen LogP contribution is 2.38. The van der Waals surface area contributed by atoms with E-state index in [-0.39, 0.29) is 6.04 Å². The predicted octanol–water partition coefficient (Wildman–Crippen LogP) is 4.58. The van der Waals surface area contributed by atoms with E-state index in [1.54, 1.807) is 0 Å². The average Bonchev–Trinajstić information content (AvgIpc) is 3.61. The zero-order valence-electron chi connectivity index (χ0n) is 21.6. The number of hydrogen-bond donors (Lipinski definition) is 2. The van der Waals surface area contributed by atoms with E-state index >= 15 is 0 Å². The molecule has 9 nitrogen and oxygen atoms in total. The van der Waals surface area contributed by atoms with Gasteiger partial charge in [0.1, 0.15) is 29.0 Å². The van der Waals surface area contributed by atoms with E-state index in [9.17, 15) is 5.11 Å². The van der Waals surface area contributed by atoms with E-state index in [4.69, 9.17) is 15.6 Å². The SMILES string of the molecule is Nc1ncnc2c1c(-c1ccc(C(O)c3nc4ccccc4s3)cc1)nn2[C@H]1CC[C@H](N2CCOCC2)CC1. The summed E-state index contributed by atoms with van der Waals surface area (Å²) >= 11 is 1.51. The fourth-order valence-corrected chi connectivity index (χ4v) is 7.02. The molecule has 2 fully saturated rings. The Balaban J connectivity index is 1.16. The molecule has 3 N–H and O–H groups in total. The van der Waals surface area contributed by atoms with Crippen LogP contribution in [-0.2, 0) is 4.74 Å². The van der Waals surface area contributed by atoms with Crippen LogP contribution in [0.3, 0.4) is 0 Å². The zero-order valence-corrected chi connectivity index (χ0v) is 22.4. The molecule has 10 heteroatoms. The van der Waals surface area contributed by atoms with Gasteiger partial charge < -0.3 is 15.6 Å². The number of aliphatic hydroxyl groups excluding tert-OH is 1. The zero-order chi connectivity index (χ0) is 26.3. The average molecular weight is 542 g/mol. The molecule has 3 aromatic heterocycles. The van der Waals surface area contributed by atoms with E-state index in [1.165, 1.54) is 17.7 Å². The minimum Gasteiger partial charge on any atom is -0.383 e. The lowest BCUT2D eigenvalue weighted by Gasteiger charge is -2.38. The Hall–Kier alpha value is -3.44. The maximum atomic E-state index is 11.0. The number of thiazole rings is 1. The fraction of sp³-hybridized carbons (Fsp3) is 0.379. The summed E-state index contributed by atoms with van der Waals surface area (Å²) in [5, 5.41) is 17.6. The Bertz CT molecular complexity index is 1570. The highest BCUT2D eigenvalue weighted by Gasteiger charge is 2.30. The summed E-state index contributed by atoms with van der Waals surface area (Å²) in [7, 11) is 0. The van der Waals surface area contributed by atoms with Crippen LogP contribution in [0.25, 0.3) is 32.5 Å². The summed E-state index contributed by atoms with van der Waals surface area (Å²) in [5.74, 6) is 0.432. The Kier molecular flexibility index (Phi) is 6.48. The topological polar surface area (TPSA) is 115 Å². The van der Waals surface area contributed by atoms with Crippen molar-refractivity contribution in [3.8, 4) is 11.3 Å². The quantitative estimate of drug-likeness (QED) is 0.332. The van der Waals surface area contributed by atoms with Crippen LogP contribution in [0.2, 0.25) is 0 Å². The van der Waals surface area contributed by atoms with Crippen molar-refractivity contribution in [2.45, 2.75) is 43.9 Å². The van der Waals surface area contributed by atoms with Gasteiger partial charge >= 0.3 is 0 Å². The van der Waals surface area contributed by atoms with Gasteiger partial charge in [-0.05, 0) is 43.4 Å². The molecular weight excluding hydrogens is 510 g/mol. The third-order valence-corrected chi connectivity index (χ3v) is 9.23. The monoisotopic (exact) mass is 541 g/mol. The van der Waals surface area contributed by atoms with Crippen molar-refractivity contribution >= 4 is 38.4 Å². The minimum atomic E-state index is -0.791. The largest absolute Gasteiger partial charge is 0.383 e. The molecule has 2 aromatic carbocycles. The van der Waals surface area contributed by atoms with Crippen molar-refractivity contribution in [1.29, 1.82) is 0 Å². The highest BCUT2D eigenvalue weighted by atomic mass is 32.1. The number of nitrogen functional groups attached to an aromatic ring is 1. The van der Waals surface area contributed by atoms with Gasteiger partial charge in [-0.3, -0.25) is 4.90 Å². The van der Waals surface area contributed by atoms with Crippen molar-refractivity contribution in [3.63, 3.8) is 0 Å². The number of fused-ring (bicyclic) bond motifs is 2.